The summed E-state index contributed by atoms with van der Waals surface area (Å²) in [7, 11) is 1.59. The quantitative estimate of drug-likeness (QED) is 0.791. The van der Waals surface area contributed by atoms with Crippen molar-refractivity contribution in [2.75, 3.05) is 12.4 Å². The highest BCUT2D eigenvalue weighted by Gasteiger charge is 2.24. The molecule has 1 aliphatic rings. The number of hydrogen-bond donors (Lipinski definition) is 1. The Bertz CT molecular complexity index is 771. The van der Waals surface area contributed by atoms with E-state index in [1.54, 1.807) is 31.4 Å². The number of amides is 1. The summed E-state index contributed by atoms with van der Waals surface area (Å²) >= 11 is 9.45. The maximum atomic E-state index is 12.2. The molecule has 2 aromatic carbocycles. The number of carbonyl (C=O) groups is 1. The summed E-state index contributed by atoms with van der Waals surface area (Å²) in [6, 6.07) is 11.0. The second-order valence-electron chi connectivity index (χ2n) is 4.59. The van der Waals surface area contributed by atoms with Gasteiger partial charge in [0.25, 0.3) is 5.91 Å². The second kappa shape index (κ2) is 5.54. The van der Waals surface area contributed by atoms with Crippen LogP contribution in [0.2, 0.25) is 5.02 Å². The fourth-order valence-corrected chi connectivity index (χ4v) is 2.82. The van der Waals surface area contributed by atoms with Crippen LogP contribution in [-0.2, 0) is 4.79 Å². The van der Waals surface area contributed by atoms with Gasteiger partial charge in [0.1, 0.15) is 5.75 Å². The Morgan fingerprint density at radius 1 is 1.24 bits per heavy atom. The van der Waals surface area contributed by atoms with Crippen LogP contribution in [0.4, 0.5) is 5.69 Å². The van der Waals surface area contributed by atoms with Crippen LogP contribution in [0.25, 0.3) is 11.6 Å². The fourth-order valence-electron chi connectivity index (χ4n) is 2.28. The van der Waals surface area contributed by atoms with Gasteiger partial charge in [-0.1, -0.05) is 27.5 Å². The molecule has 21 heavy (non-hydrogen) atoms. The summed E-state index contributed by atoms with van der Waals surface area (Å²) < 4.78 is 6.23. The molecule has 0 bridgehead atoms. The standard InChI is InChI=1S/C16H11BrClNO2/c1-21-15-5-3-11(18)6-9(15)7-13-12-8-10(17)2-4-14(12)19-16(13)20/h2-8H,1H3,(H,19,20). The lowest BCUT2D eigenvalue weighted by Crippen LogP contribution is -2.03. The Hall–Kier alpha value is -1.78. The average molecular weight is 365 g/mol. The summed E-state index contributed by atoms with van der Waals surface area (Å²) in [5.41, 5.74) is 3.02. The van der Waals surface area contributed by atoms with Crippen molar-refractivity contribution in [1.82, 2.24) is 0 Å². The predicted octanol–water partition coefficient (Wildman–Crippen LogP) is 4.60. The maximum absolute atomic E-state index is 12.2. The average Bonchev–Trinajstić information content (AvgIpc) is 2.75. The van der Waals surface area contributed by atoms with Gasteiger partial charge in [0.15, 0.2) is 0 Å². The van der Waals surface area contributed by atoms with E-state index >= 15 is 0 Å². The predicted molar refractivity (Wildman–Crippen MR) is 88.6 cm³/mol. The number of carbonyl (C=O) groups excluding carboxylic acids is 1. The molecule has 1 amide bonds. The zero-order valence-electron chi connectivity index (χ0n) is 11.1. The Kier molecular flexibility index (Phi) is 3.74. The smallest absolute Gasteiger partial charge is 0.256 e. The van der Waals surface area contributed by atoms with E-state index < -0.39 is 0 Å². The lowest BCUT2D eigenvalue weighted by molar-refractivity contribution is -0.110. The van der Waals surface area contributed by atoms with Crippen LogP contribution in [0.15, 0.2) is 40.9 Å². The fraction of sp³-hybridized carbons (Fsp3) is 0.0625. The molecule has 5 heteroatoms. The molecule has 0 saturated heterocycles. The van der Waals surface area contributed by atoms with Crippen molar-refractivity contribution in [2.45, 2.75) is 0 Å². The van der Waals surface area contributed by atoms with Gasteiger partial charge in [0.2, 0.25) is 0 Å². The van der Waals surface area contributed by atoms with E-state index in [0.29, 0.717) is 16.3 Å². The third kappa shape index (κ3) is 2.69. The number of nitrogens with one attached hydrogen (secondary N) is 1. The highest BCUT2D eigenvalue weighted by atomic mass is 79.9. The number of ether oxygens (including phenoxy) is 1. The van der Waals surface area contributed by atoms with E-state index in [1.165, 1.54) is 0 Å². The van der Waals surface area contributed by atoms with Crippen molar-refractivity contribution < 1.29 is 9.53 Å². The molecule has 0 unspecified atom stereocenters. The van der Waals surface area contributed by atoms with E-state index in [4.69, 9.17) is 16.3 Å². The number of halogens is 2. The van der Waals surface area contributed by atoms with Gasteiger partial charge in [-0.15, -0.1) is 0 Å². The minimum atomic E-state index is -0.134. The first-order valence-corrected chi connectivity index (χ1v) is 7.42. The first-order valence-electron chi connectivity index (χ1n) is 6.25. The Morgan fingerprint density at radius 2 is 2.05 bits per heavy atom. The molecule has 0 radical (unpaired) electrons. The minimum absolute atomic E-state index is 0.134. The van der Waals surface area contributed by atoms with Crippen LogP contribution in [0.5, 0.6) is 5.75 Å². The van der Waals surface area contributed by atoms with E-state index in [9.17, 15) is 4.79 Å². The Labute approximate surface area is 135 Å². The van der Waals surface area contributed by atoms with Gasteiger partial charge < -0.3 is 10.1 Å². The third-order valence-corrected chi connectivity index (χ3v) is 3.98. The van der Waals surface area contributed by atoms with E-state index in [2.05, 4.69) is 21.2 Å². The number of methoxy groups -OCH3 is 1. The van der Waals surface area contributed by atoms with Gasteiger partial charge in [-0.2, -0.15) is 0 Å². The molecule has 3 rings (SSSR count). The van der Waals surface area contributed by atoms with Gasteiger partial charge in [0.05, 0.1) is 7.11 Å². The lowest BCUT2D eigenvalue weighted by Gasteiger charge is -2.06. The van der Waals surface area contributed by atoms with Crippen molar-refractivity contribution in [1.29, 1.82) is 0 Å². The molecule has 1 N–H and O–H groups in total. The van der Waals surface area contributed by atoms with Crippen molar-refractivity contribution in [3.8, 4) is 5.75 Å². The molecule has 0 saturated carbocycles. The van der Waals surface area contributed by atoms with Crippen molar-refractivity contribution in [3.05, 3.63) is 57.0 Å². The molecule has 0 fully saturated rings. The number of rotatable bonds is 2. The van der Waals surface area contributed by atoms with Crippen molar-refractivity contribution in [3.63, 3.8) is 0 Å². The Balaban J connectivity index is 2.15. The van der Waals surface area contributed by atoms with Crippen LogP contribution >= 0.6 is 27.5 Å². The molecular formula is C16H11BrClNO2. The highest BCUT2D eigenvalue weighted by molar-refractivity contribution is 9.10. The van der Waals surface area contributed by atoms with Gasteiger partial charge in [-0.05, 0) is 42.5 Å². The monoisotopic (exact) mass is 363 g/mol. The minimum Gasteiger partial charge on any atom is -0.496 e. The summed E-state index contributed by atoms with van der Waals surface area (Å²) in [5.74, 6) is 0.535. The summed E-state index contributed by atoms with van der Waals surface area (Å²) in [4.78, 5) is 12.2. The maximum Gasteiger partial charge on any atom is 0.256 e. The summed E-state index contributed by atoms with van der Waals surface area (Å²) in [5, 5.41) is 3.44. The third-order valence-electron chi connectivity index (χ3n) is 3.26. The summed E-state index contributed by atoms with van der Waals surface area (Å²) in [6.45, 7) is 0. The zero-order valence-corrected chi connectivity index (χ0v) is 13.5. The van der Waals surface area contributed by atoms with E-state index in [0.717, 1.165) is 21.3 Å². The van der Waals surface area contributed by atoms with E-state index in [-0.39, 0.29) is 5.91 Å². The van der Waals surface area contributed by atoms with E-state index in [1.807, 2.05) is 18.2 Å². The van der Waals surface area contributed by atoms with Crippen LogP contribution in [0, 0.1) is 0 Å². The molecule has 106 valence electrons. The molecule has 1 aliphatic heterocycles. The highest BCUT2D eigenvalue weighted by Crippen LogP contribution is 2.36. The largest absolute Gasteiger partial charge is 0.496 e. The Morgan fingerprint density at radius 3 is 2.81 bits per heavy atom. The molecule has 0 atom stereocenters. The van der Waals surface area contributed by atoms with Crippen LogP contribution < -0.4 is 10.1 Å². The van der Waals surface area contributed by atoms with Crippen molar-refractivity contribution >= 4 is 50.8 Å². The molecule has 0 aliphatic carbocycles. The first kappa shape index (κ1) is 14.2. The van der Waals surface area contributed by atoms with Crippen LogP contribution in [0.3, 0.4) is 0 Å². The van der Waals surface area contributed by atoms with Crippen LogP contribution in [-0.4, -0.2) is 13.0 Å². The SMILES string of the molecule is COc1ccc(Cl)cc1C=C1C(=O)Nc2ccc(Br)cc21. The number of hydrogen-bond acceptors (Lipinski definition) is 2. The molecule has 0 aromatic heterocycles. The molecule has 2 aromatic rings. The zero-order chi connectivity index (χ0) is 15.0. The van der Waals surface area contributed by atoms with Gasteiger partial charge in [-0.3, -0.25) is 4.79 Å². The topological polar surface area (TPSA) is 38.3 Å². The summed E-state index contributed by atoms with van der Waals surface area (Å²) in [6.07, 6.45) is 1.79. The van der Waals surface area contributed by atoms with Gasteiger partial charge >= 0.3 is 0 Å². The number of anilines is 1. The molecular weight excluding hydrogens is 354 g/mol. The lowest BCUT2D eigenvalue weighted by atomic mass is 10.0. The molecule has 1 heterocycles. The normalized spacial score (nSPS) is 15.0. The molecule has 0 spiro atoms. The number of fused-ring (bicyclic) bond motifs is 1. The van der Waals surface area contributed by atoms with Gasteiger partial charge in [-0.25, -0.2) is 0 Å². The second-order valence-corrected chi connectivity index (χ2v) is 5.94. The molecule has 3 nitrogen and oxygen atoms in total. The van der Waals surface area contributed by atoms with Crippen molar-refractivity contribution in [2.24, 2.45) is 0 Å². The number of benzene rings is 2. The van der Waals surface area contributed by atoms with Gasteiger partial charge in [0, 0.05) is 31.9 Å². The van der Waals surface area contributed by atoms with Crippen LogP contribution in [0.1, 0.15) is 11.1 Å². The first-order chi connectivity index (χ1) is 10.1.